The molecule has 0 unspecified atom stereocenters. The van der Waals surface area contributed by atoms with Gasteiger partial charge in [0.2, 0.25) is 0 Å². The molecule has 0 aliphatic heterocycles. The second-order valence-corrected chi connectivity index (χ2v) is 7.45. The molecule has 4 rings (SSSR count). The van der Waals surface area contributed by atoms with Crippen LogP contribution in [0.2, 0.25) is 5.02 Å². The number of rotatable bonds is 4. The number of nitrogens with one attached hydrogen (secondary N) is 1. The lowest BCUT2D eigenvalue weighted by atomic mass is 10.0. The molecule has 3 nitrogen and oxygen atoms in total. The summed E-state index contributed by atoms with van der Waals surface area (Å²) in [6.45, 7) is 4.03. The molecule has 0 saturated heterocycles. The van der Waals surface area contributed by atoms with Crippen LogP contribution in [0, 0.1) is 6.92 Å². The van der Waals surface area contributed by atoms with E-state index >= 15 is 0 Å². The number of amides is 1. The summed E-state index contributed by atoms with van der Waals surface area (Å²) in [5, 5.41) is 4.46. The zero-order chi connectivity index (χ0) is 20.4. The topological polar surface area (TPSA) is 42.0 Å². The molecule has 0 aliphatic carbocycles. The number of pyridine rings is 1. The molecular formula is C25H21ClN2O. The van der Waals surface area contributed by atoms with Crippen molar-refractivity contribution in [3.05, 3.63) is 94.5 Å². The predicted molar refractivity (Wildman–Crippen MR) is 121 cm³/mol. The lowest BCUT2D eigenvalue weighted by Crippen LogP contribution is -2.13. The summed E-state index contributed by atoms with van der Waals surface area (Å²) in [4.78, 5) is 18.0. The fraction of sp³-hybridized carbons (Fsp3) is 0.120. The maximum absolute atomic E-state index is 13.2. The van der Waals surface area contributed by atoms with E-state index in [4.69, 9.17) is 16.6 Å². The average Bonchev–Trinajstić information content (AvgIpc) is 2.75. The van der Waals surface area contributed by atoms with E-state index < -0.39 is 0 Å². The first-order valence-corrected chi connectivity index (χ1v) is 9.99. The van der Waals surface area contributed by atoms with Gasteiger partial charge < -0.3 is 5.32 Å². The van der Waals surface area contributed by atoms with Gasteiger partial charge in [-0.2, -0.15) is 0 Å². The molecule has 3 aromatic carbocycles. The van der Waals surface area contributed by atoms with Crippen LogP contribution in [0.25, 0.3) is 22.2 Å². The van der Waals surface area contributed by atoms with Gasteiger partial charge in [-0.05, 0) is 54.8 Å². The lowest BCUT2D eigenvalue weighted by Gasteiger charge is -2.12. The van der Waals surface area contributed by atoms with Gasteiger partial charge in [-0.1, -0.05) is 61.0 Å². The standard InChI is InChI=1S/C25H21ClN2O/c1-3-17-10-12-23-20(13-17)21(15-24(28-23)18-7-5-4-6-8-18)25(29)27-19-11-9-16(2)22(26)14-19/h4-15H,3H2,1-2H3,(H,27,29). The normalized spacial score (nSPS) is 10.9. The molecule has 0 radical (unpaired) electrons. The molecular weight excluding hydrogens is 380 g/mol. The zero-order valence-corrected chi connectivity index (χ0v) is 17.1. The van der Waals surface area contributed by atoms with Crippen LogP contribution in [-0.2, 0) is 6.42 Å². The summed E-state index contributed by atoms with van der Waals surface area (Å²) in [7, 11) is 0. The Balaban J connectivity index is 1.83. The number of aryl methyl sites for hydroxylation is 2. The zero-order valence-electron chi connectivity index (χ0n) is 16.4. The summed E-state index contributed by atoms with van der Waals surface area (Å²) >= 11 is 6.22. The number of hydrogen-bond donors (Lipinski definition) is 1. The molecule has 1 amide bonds. The first-order chi connectivity index (χ1) is 14.0. The van der Waals surface area contributed by atoms with Crippen LogP contribution < -0.4 is 5.32 Å². The molecule has 4 heteroatoms. The summed E-state index contributed by atoms with van der Waals surface area (Å²) < 4.78 is 0. The first kappa shape index (κ1) is 19.2. The highest BCUT2D eigenvalue weighted by Gasteiger charge is 2.15. The fourth-order valence-electron chi connectivity index (χ4n) is 3.31. The molecule has 0 saturated carbocycles. The Labute approximate surface area is 175 Å². The highest BCUT2D eigenvalue weighted by atomic mass is 35.5. The number of carbonyl (C=O) groups is 1. The lowest BCUT2D eigenvalue weighted by molar-refractivity contribution is 0.102. The number of hydrogen-bond acceptors (Lipinski definition) is 2. The predicted octanol–water partition coefficient (Wildman–Crippen LogP) is 6.68. The first-order valence-electron chi connectivity index (χ1n) is 9.62. The Morgan fingerprint density at radius 3 is 2.52 bits per heavy atom. The molecule has 1 N–H and O–H groups in total. The molecule has 29 heavy (non-hydrogen) atoms. The van der Waals surface area contributed by atoms with E-state index in [2.05, 4.69) is 18.3 Å². The monoisotopic (exact) mass is 400 g/mol. The van der Waals surface area contributed by atoms with Crippen molar-refractivity contribution in [2.45, 2.75) is 20.3 Å². The maximum Gasteiger partial charge on any atom is 0.256 e. The minimum absolute atomic E-state index is 0.178. The van der Waals surface area contributed by atoms with Crippen LogP contribution in [0.15, 0.2) is 72.8 Å². The Morgan fingerprint density at radius 2 is 1.79 bits per heavy atom. The molecule has 4 aromatic rings. The third-order valence-corrected chi connectivity index (χ3v) is 5.43. The van der Waals surface area contributed by atoms with Gasteiger partial charge in [0.1, 0.15) is 0 Å². The van der Waals surface area contributed by atoms with Crippen LogP contribution in [0.3, 0.4) is 0 Å². The van der Waals surface area contributed by atoms with E-state index in [9.17, 15) is 4.79 Å². The molecule has 0 aliphatic rings. The van der Waals surface area contributed by atoms with Gasteiger partial charge in [-0.3, -0.25) is 4.79 Å². The second kappa shape index (κ2) is 8.06. The molecule has 1 aromatic heterocycles. The third-order valence-electron chi connectivity index (χ3n) is 5.03. The number of nitrogens with zero attached hydrogens (tertiary/aromatic N) is 1. The van der Waals surface area contributed by atoms with Gasteiger partial charge in [0.15, 0.2) is 0 Å². The van der Waals surface area contributed by atoms with Crippen molar-refractivity contribution in [1.82, 2.24) is 4.98 Å². The minimum Gasteiger partial charge on any atom is -0.322 e. The number of carbonyl (C=O) groups excluding carboxylic acids is 1. The largest absolute Gasteiger partial charge is 0.322 e. The Bertz CT molecular complexity index is 1200. The van der Waals surface area contributed by atoms with E-state index in [1.54, 1.807) is 6.07 Å². The van der Waals surface area contributed by atoms with Gasteiger partial charge in [-0.15, -0.1) is 0 Å². The van der Waals surface area contributed by atoms with Crippen LogP contribution in [0.4, 0.5) is 5.69 Å². The Hall–Kier alpha value is -3.17. The van der Waals surface area contributed by atoms with Crippen LogP contribution in [-0.4, -0.2) is 10.9 Å². The van der Waals surface area contributed by atoms with Crippen molar-refractivity contribution >= 4 is 34.1 Å². The number of aromatic nitrogens is 1. The molecule has 0 fully saturated rings. The smallest absolute Gasteiger partial charge is 0.256 e. The van der Waals surface area contributed by atoms with Gasteiger partial charge in [-0.25, -0.2) is 4.98 Å². The summed E-state index contributed by atoms with van der Waals surface area (Å²) in [5.41, 5.74) is 5.95. The van der Waals surface area contributed by atoms with E-state index in [0.29, 0.717) is 16.3 Å². The van der Waals surface area contributed by atoms with E-state index in [-0.39, 0.29) is 5.91 Å². The van der Waals surface area contributed by atoms with Crippen LogP contribution in [0.5, 0.6) is 0 Å². The molecule has 0 bridgehead atoms. The molecule has 144 valence electrons. The Kier molecular flexibility index (Phi) is 5.32. The third kappa shape index (κ3) is 4.01. The van der Waals surface area contributed by atoms with Crippen molar-refractivity contribution in [1.29, 1.82) is 0 Å². The van der Waals surface area contributed by atoms with Crippen molar-refractivity contribution < 1.29 is 4.79 Å². The van der Waals surface area contributed by atoms with E-state index in [1.807, 2.05) is 67.6 Å². The number of fused-ring (bicyclic) bond motifs is 1. The number of anilines is 1. The minimum atomic E-state index is -0.178. The van der Waals surface area contributed by atoms with Crippen molar-refractivity contribution in [3.8, 4) is 11.3 Å². The van der Waals surface area contributed by atoms with E-state index in [1.165, 1.54) is 5.56 Å². The van der Waals surface area contributed by atoms with E-state index in [0.717, 1.165) is 34.1 Å². The fourth-order valence-corrected chi connectivity index (χ4v) is 3.49. The summed E-state index contributed by atoms with van der Waals surface area (Å²) in [5.74, 6) is -0.178. The van der Waals surface area contributed by atoms with Gasteiger partial charge in [0.05, 0.1) is 16.8 Å². The second-order valence-electron chi connectivity index (χ2n) is 7.04. The number of halogens is 1. The van der Waals surface area contributed by atoms with Gasteiger partial charge in [0, 0.05) is 21.7 Å². The highest BCUT2D eigenvalue weighted by Crippen LogP contribution is 2.27. The summed E-state index contributed by atoms with van der Waals surface area (Å²) in [6, 6.07) is 23.4. The average molecular weight is 401 g/mol. The van der Waals surface area contributed by atoms with Gasteiger partial charge in [0.25, 0.3) is 5.91 Å². The van der Waals surface area contributed by atoms with Crippen LogP contribution in [0.1, 0.15) is 28.4 Å². The highest BCUT2D eigenvalue weighted by molar-refractivity contribution is 6.31. The Morgan fingerprint density at radius 1 is 1.00 bits per heavy atom. The maximum atomic E-state index is 13.2. The van der Waals surface area contributed by atoms with Gasteiger partial charge >= 0.3 is 0 Å². The number of benzene rings is 3. The molecule has 1 heterocycles. The SMILES string of the molecule is CCc1ccc2nc(-c3ccccc3)cc(C(=O)Nc3ccc(C)c(Cl)c3)c2c1. The quantitative estimate of drug-likeness (QED) is 0.415. The van der Waals surface area contributed by atoms with Crippen molar-refractivity contribution in [3.63, 3.8) is 0 Å². The van der Waals surface area contributed by atoms with Crippen molar-refractivity contribution in [2.24, 2.45) is 0 Å². The van der Waals surface area contributed by atoms with Crippen molar-refractivity contribution in [2.75, 3.05) is 5.32 Å². The molecule has 0 atom stereocenters. The van der Waals surface area contributed by atoms with Crippen LogP contribution >= 0.6 is 11.6 Å². The molecule has 0 spiro atoms. The summed E-state index contributed by atoms with van der Waals surface area (Å²) in [6.07, 6.45) is 0.894.